The SMILES string of the molecule is CCCC[C@H]1C(=O)N(C)[C@@H](CCCC)C(=O)N[C@@H](CC(C)C)C(=O)N[C@H](C(=O)NCC(=O)NCCC(N)=O)CSCC(=O)N[C@@H](Cc2ccc(O)cc2)C(=O)N(C)[C@@H](C)C(=O)N[C@@H](CC(N)=O)C(=O)N2CCC[C@H]2C(=O)N[C@@H](CC)C(=O)N[C@@H](CC(C)C)C(=O)N2C[C@H](O)C[C@H]2C(=O)C[C@@H](Cc2c[nH]c3ccccc23)C(=O)NCC(=O)NC(Cc2c[nH]c3ccccc23)C(=O)N1C. The zero-order chi connectivity index (χ0) is 96.9. The van der Waals surface area contributed by atoms with Crippen LogP contribution in [-0.2, 0) is 106 Å². The number of unbranched alkanes of at least 4 members (excludes halogenated alkanes) is 2. The van der Waals surface area contributed by atoms with Crippen LogP contribution in [0.4, 0.5) is 0 Å². The molecule has 0 saturated carbocycles. The number of thioether (sulfide) groups is 1. The molecule has 0 aliphatic carbocycles. The Kier molecular flexibility index (Phi) is 39.9. The molecular formula is C92H131N19O20S. The average molecular weight is 1860 g/mol. The van der Waals surface area contributed by atoms with Crippen LogP contribution in [0.5, 0.6) is 5.75 Å². The first-order chi connectivity index (χ1) is 62.7. The number of hydrogen-bond acceptors (Lipinski definition) is 21. The fraction of sp³-hybridized carbons (Fsp3) is 0.565. The highest BCUT2D eigenvalue weighted by Gasteiger charge is 2.46. The summed E-state index contributed by atoms with van der Waals surface area (Å²) in [5.74, 6) is -17.9. The number of rotatable bonds is 25. The van der Waals surface area contributed by atoms with Gasteiger partial charge in [0.15, 0.2) is 5.78 Å². The highest BCUT2D eigenvalue weighted by molar-refractivity contribution is 8.00. The number of benzene rings is 3. The summed E-state index contributed by atoms with van der Waals surface area (Å²) in [6.45, 7) is 11.7. The largest absolute Gasteiger partial charge is 0.508 e. The smallest absolute Gasteiger partial charge is 0.246 e. The number of aromatic nitrogens is 2. The molecule has 3 aliphatic heterocycles. The second-order valence-electron chi connectivity index (χ2n) is 35.2. The van der Waals surface area contributed by atoms with Gasteiger partial charge in [0.25, 0.3) is 0 Å². The number of aliphatic hydroxyl groups is 1. The Hall–Kier alpha value is -12.5. The van der Waals surface area contributed by atoms with Crippen LogP contribution in [0.25, 0.3) is 21.8 Å². The third-order valence-corrected chi connectivity index (χ3v) is 25.1. The third kappa shape index (κ3) is 29.8. The molecule has 8 rings (SSSR count). The molecule has 14 atom stereocenters. The molecule has 3 aromatic carbocycles. The van der Waals surface area contributed by atoms with Gasteiger partial charge in [-0.1, -0.05) is 123 Å². The van der Waals surface area contributed by atoms with Gasteiger partial charge in [-0.2, -0.15) is 0 Å². The molecule has 5 heterocycles. The van der Waals surface area contributed by atoms with Gasteiger partial charge in [0, 0.05) is 119 Å². The maximum absolute atomic E-state index is 15.6. The normalized spacial score (nSPS) is 24.6. The number of phenolic OH excluding ortho intramolecular Hbond substituents is 1. The third-order valence-electron chi connectivity index (χ3n) is 24.1. The molecule has 1 unspecified atom stereocenters. The van der Waals surface area contributed by atoms with E-state index in [-0.39, 0.29) is 114 Å². The van der Waals surface area contributed by atoms with E-state index in [4.69, 9.17) is 11.5 Å². The number of aliphatic hydroxyl groups excluding tert-OH is 1. The van der Waals surface area contributed by atoms with Crippen LogP contribution in [0.2, 0.25) is 0 Å². The maximum atomic E-state index is 15.6. The minimum atomic E-state index is -1.74. The van der Waals surface area contributed by atoms with Crippen molar-refractivity contribution in [3.8, 4) is 5.75 Å². The fourth-order valence-electron chi connectivity index (χ4n) is 16.7. The van der Waals surface area contributed by atoms with Gasteiger partial charge in [-0.3, -0.25) is 86.3 Å². The van der Waals surface area contributed by atoms with Crippen molar-refractivity contribution in [3.05, 3.63) is 102 Å². The number of nitrogens with one attached hydrogen (secondary N) is 12. The molecule has 0 bridgehead atoms. The number of aromatic hydroxyl groups is 1. The van der Waals surface area contributed by atoms with Crippen molar-refractivity contribution in [2.45, 2.75) is 250 Å². The van der Waals surface area contributed by atoms with Gasteiger partial charge in [-0.15, -0.1) is 11.8 Å². The van der Waals surface area contributed by atoms with Gasteiger partial charge in [0.1, 0.15) is 72.2 Å². The van der Waals surface area contributed by atoms with Crippen molar-refractivity contribution in [1.82, 2.24) is 87.6 Å². The molecule has 40 heteroatoms. The van der Waals surface area contributed by atoms with Crippen LogP contribution in [0.3, 0.4) is 0 Å². The summed E-state index contributed by atoms with van der Waals surface area (Å²) in [6, 6.07) is 2.93. The summed E-state index contributed by atoms with van der Waals surface area (Å²) in [5, 5.41) is 49.7. The number of primary amides is 2. The number of H-pyrrole nitrogens is 2. The molecular weight excluding hydrogens is 1720 g/mol. The molecule has 0 spiro atoms. The second-order valence-corrected chi connectivity index (χ2v) is 36.2. The molecule has 3 fully saturated rings. The number of phenols is 1. The van der Waals surface area contributed by atoms with Crippen molar-refractivity contribution in [2.24, 2.45) is 29.2 Å². The molecule has 2 aromatic heterocycles. The minimum Gasteiger partial charge on any atom is -0.508 e. The second kappa shape index (κ2) is 50.2. The number of para-hydroxylation sites is 2. The Labute approximate surface area is 771 Å². The van der Waals surface area contributed by atoms with Crippen LogP contribution in [0, 0.1) is 17.8 Å². The highest BCUT2D eigenvalue weighted by Crippen LogP contribution is 2.30. The van der Waals surface area contributed by atoms with Gasteiger partial charge < -0.3 is 109 Å². The number of nitrogens with zero attached hydrogens (tertiary/aromatic N) is 5. The maximum Gasteiger partial charge on any atom is 0.246 e. The van der Waals surface area contributed by atoms with E-state index < -0.39 is 228 Å². The molecule has 39 nitrogen and oxygen atoms in total. The first kappa shape index (κ1) is 105. The molecule has 720 valence electrons. The predicted molar refractivity (Wildman–Crippen MR) is 491 cm³/mol. The van der Waals surface area contributed by atoms with E-state index in [2.05, 4.69) is 63.1 Å². The standard InChI is InChI=1S/C92H131N19O20S/c1-12-15-26-71-86(125)103-65(36-51(4)5)85(124)106-70(83(122)99-46-78(117)95-34-33-76(93)115)49-132-50-80(119)101-67(38-54-29-31-58(112)32-30-54)88(127)107(9)53(8)81(120)104-69(43-77(94)116)90(129)110-35-21-28-72(110)87(126)102-62(14-3)84(123)105-66(37-52(6)7)91(130)111-48-59(113)42-74(111)75(114)41-55(39-56-44-96-63-24-19-17-22-60(56)63)82(121)98-47-79(118)100-68(40-57-45-97-64-25-20-18-23-61(57)64)89(128)109(11)73(27-16-13-2)92(131)108(71)10/h17-20,22-25,29-32,44-45,51-53,55,59,62,65-74,96-97,112-113H,12-16,21,26-28,33-43,46-50H2,1-11H3,(H2,93,115)(H2,94,116)(H,95,117)(H,98,121)(H,99,122)(H,100,118)(H,101,119)(H,102,126)(H,103,125)(H,104,120)(H,105,123)(H,106,124)/t53-,55+,59+,62-,65-,66-,67-,68?,69-,70-,71-,72-,73-,74-/m0/s1. The van der Waals surface area contributed by atoms with Gasteiger partial charge in [0.05, 0.1) is 37.4 Å². The van der Waals surface area contributed by atoms with E-state index in [1.165, 1.54) is 62.1 Å². The van der Waals surface area contributed by atoms with Crippen LogP contribution >= 0.6 is 11.8 Å². The summed E-state index contributed by atoms with van der Waals surface area (Å²) in [7, 11) is 4.03. The Balaban J connectivity index is 1.17. The first-order valence-electron chi connectivity index (χ1n) is 45.3. The predicted octanol–water partition coefficient (Wildman–Crippen LogP) is 0.534. The molecule has 17 amide bonds. The lowest BCUT2D eigenvalue weighted by atomic mass is 9.90. The quantitative estimate of drug-likeness (QED) is 0.0379. The number of fused-ring (bicyclic) bond motifs is 4. The lowest BCUT2D eigenvalue weighted by molar-refractivity contribution is -0.149. The summed E-state index contributed by atoms with van der Waals surface area (Å²) < 4.78 is 0. The van der Waals surface area contributed by atoms with E-state index >= 15 is 28.8 Å². The Morgan fingerprint density at radius 2 is 1.11 bits per heavy atom. The molecule has 3 aliphatic rings. The van der Waals surface area contributed by atoms with E-state index in [0.717, 1.165) is 26.5 Å². The van der Waals surface area contributed by atoms with E-state index in [0.29, 0.717) is 64.2 Å². The Bertz CT molecular complexity index is 4940. The molecule has 3 saturated heterocycles. The van der Waals surface area contributed by atoms with Gasteiger partial charge in [-0.05, 0) is 111 Å². The number of hydrogen-bond donors (Lipinski definition) is 16. The zero-order valence-electron chi connectivity index (χ0n) is 77.0. The number of carbonyl (C=O) groups excluding carboxylic acids is 18. The lowest BCUT2D eigenvalue weighted by Crippen LogP contribution is -2.60. The van der Waals surface area contributed by atoms with Crippen LogP contribution in [0.15, 0.2) is 85.2 Å². The molecule has 0 radical (unpaired) electrons. The zero-order valence-corrected chi connectivity index (χ0v) is 77.9. The fourth-order valence-corrected chi connectivity index (χ4v) is 17.5. The van der Waals surface area contributed by atoms with Crippen molar-refractivity contribution in [3.63, 3.8) is 0 Å². The van der Waals surface area contributed by atoms with Crippen molar-refractivity contribution >= 4 is 140 Å². The van der Waals surface area contributed by atoms with Gasteiger partial charge in [-0.25, -0.2) is 0 Å². The molecule has 5 aromatic rings. The molecule has 18 N–H and O–H groups in total. The van der Waals surface area contributed by atoms with Gasteiger partial charge in [0.2, 0.25) is 100 Å². The minimum absolute atomic E-state index is 0.00506. The number of aromatic amines is 2. The summed E-state index contributed by atoms with van der Waals surface area (Å²) in [6.07, 6.45) is 1.85. The van der Waals surface area contributed by atoms with E-state index in [1.807, 2.05) is 44.2 Å². The van der Waals surface area contributed by atoms with E-state index in [1.54, 1.807) is 65.2 Å². The topological polar surface area (TPSA) is 568 Å². The Morgan fingerprint density at radius 3 is 1.72 bits per heavy atom. The highest BCUT2D eigenvalue weighted by atomic mass is 32.2. The molecule has 132 heavy (non-hydrogen) atoms. The number of likely N-dealkylation sites (N-methyl/N-ethyl adjacent to an activating group) is 3. The van der Waals surface area contributed by atoms with Crippen molar-refractivity contribution in [2.75, 3.05) is 65.4 Å². The monoisotopic (exact) mass is 1850 g/mol. The number of amides is 17. The van der Waals surface area contributed by atoms with E-state index in [9.17, 15) is 67.7 Å². The summed E-state index contributed by atoms with van der Waals surface area (Å²) >= 11 is 0.793. The number of carbonyl (C=O) groups is 18. The first-order valence-corrected chi connectivity index (χ1v) is 46.4. The Morgan fingerprint density at radius 1 is 0.553 bits per heavy atom. The van der Waals surface area contributed by atoms with Crippen LogP contribution in [0.1, 0.15) is 168 Å². The summed E-state index contributed by atoms with van der Waals surface area (Å²) in [5.41, 5.74) is 14.0. The van der Waals surface area contributed by atoms with Crippen molar-refractivity contribution in [1.29, 1.82) is 0 Å². The average Bonchev–Trinajstić information content (AvgIpc) is 1.65. The number of nitrogens with two attached hydrogens (primary N) is 2. The summed E-state index contributed by atoms with van der Waals surface area (Å²) in [4.78, 5) is 273. The van der Waals surface area contributed by atoms with Crippen LogP contribution < -0.4 is 64.6 Å². The van der Waals surface area contributed by atoms with Crippen LogP contribution in [-0.4, -0.2) is 295 Å². The lowest BCUT2D eigenvalue weighted by Gasteiger charge is -2.36. The number of ketones is 1. The van der Waals surface area contributed by atoms with Crippen molar-refractivity contribution < 1.29 is 96.5 Å². The number of Topliss-reactive ketones (excluding diaryl/α,β-unsaturated/α-hetero) is 1. The van der Waals surface area contributed by atoms with Gasteiger partial charge >= 0.3 is 0 Å².